The van der Waals surface area contributed by atoms with Gasteiger partial charge in [0.1, 0.15) is 11.8 Å². The van der Waals surface area contributed by atoms with Crippen LogP contribution in [0.1, 0.15) is 57.6 Å². The number of carbonyl (C=O) groups is 3. The number of rotatable bonds is 15. The summed E-state index contributed by atoms with van der Waals surface area (Å²) in [5.74, 6) is -0.172. The van der Waals surface area contributed by atoms with Crippen LogP contribution in [-0.4, -0.2) is 48.1 Å². The highest BCUT2D eigenvalue weighted by molar-refractivity contribution is 5.89. The summed E-state index contributed by atoms with van der Waals surface area (Å²) in [5, 5.41) is 19.0. The van der Waals surface area contributed by atoms with Gasteiger partial charge < -0.3 is 25.8 Å². The molecule has 3 amide bonds. The molecule has 0 saturated carbocycles. The first-order valence-electron chi connectivity index (χ1n) is 13.0. The molecule has 8 heteroatoms. The Labute approximate surface area is 220 Å². The standard InChI is InChI=1S/C29H41N3O5/c1-5-24(27(34)29(36)30-19-22-12-9-13-23(18-22)37-4)32-28(35)25(16-14-20(2)3)31-26(33)17-15-21-10-7-6-8-11-21/h6-13,18,20,24-25,27,34H,5,14-17,19H2,1-4H3,(H,30,36)(H,31,33)(H,32,35)/t24?,25-,27?/m0/s1. The van der Waals surface area contributed by atoms with Crippen molar-refractivity contribution in [3.8, 4) is 5.75 Å². The number of hydrogen-bond acceptors (Lipinski definition) is 5. The van der Waals surface area contributed by atoms with Crippen LogP contribution in [0, 0.1) is 5.92 Å². The van der Waals surface area contributed by atoms with E-state index in [9.17, 15) is 19.5 Å². The molecule has 2 rings (SSSR count). The molecule has 2 aromatic rings. The van der Waals surface area contributed by atoms with Gasteiger partial charge in [0.25, 0.3) is 5.91 Å². The van der Waals surface area contributed by atoms with Gasteiger partial charge >= 0.3 is 0 Å². The molecule has 0 aliphatic rings. The van der Waals surface area contributed by atoms with Gasteiger partial charge in [0, 0.05) is 13.0 Å². The third-order valence-electron chi connectivity index (χ3n) is 6.19. The quantitative estimate of drug-likeness (QED) is 0.293. The number of nitrogens with one attached hydrogen (secondary N) is 3. The second-order valence-electron chi connectivity index (χ2n) is 9.61. The summed E-state index contributed by atoms with van der Waals surface area (Å²) in [6.07, 6.45) is 0.973. The van der Waals surface area contributed by atoms with E-state index in [1.54, 1.807) is 26.2 Å². The maximum Gasteiger partial charge on any atom is 0.251 e. The highest BCUT2D eigenvalue weighted by Crippen LogP contribution is 2.13. The fraction of sp³-hybridized carbons (Fsp3) is 0.483. The van der Waals surface area contributed by atoms with Crippen molar-refractivity contribution in [1.82, 2.24) is 16.0 Å². The lowest BCUT2D eigenvalue weighted by Crippen LogP contribution is -2.55. The fourth-order valence-electron chi connectivity index (χ4n) is 3.88. The molecule has 8 nitrogen and oxygen atoms in total. The zero-order valence-electron chi connectivity index (χ0n) is 22.3. The van der Waals surface area contributed by atoms with Crippen LogP contribution in [0.25, 0.3) is 0 Å². The topological polar surface area (TPSA) is 117 Å². The van der Waals surface area contributed by atoms with Crippen molar-refractivity contribution in [1.29, 1.82) is 0 Å². The van der Waals surface area contributed by atoms with Gasteiger partial charge in [-0.15, -0.1) is 0 Å². The zero-order valence-corrected chi connectivity index (χ0v) is 22.3. The highest BCUT2D eigenvalue weighted by atomic mass is 16.5. The number of benzene rings is 2. The Kier molecular flexibility index (Phi) is 12.6. The molecule has 0 aliphatic heterocycles. The van der Waals surface area contributed by atoms with Gasteiger partial charge in [-0.25, -0.2) is 0 Å². The first kappa shape index (κ1) is 29.8. The molecular weight excluding hydrogens is 470 g/mol. The van der Waals surface area contributed by atoms with E-state index in [-0.39, 0.29) is 18.9 Å². The van der Waals surface area contributed by atoms with Crippen molar-refractivity contribution in [2.75, 3.05) is 7.11 Å². The van der Waals surface area contributed by atoms with E-state index in [0.717, 1.165) is 17.5 Å². The number of aliphatic hydroxyl groups excluding tert-OH is 1. The minimum absolute atomic E-state index is 0.211. The van der Waals surface area contributed by atoms with E-state index in [2.05, 4.69) is 29.8 Å². The molecule has 202 valence electrons. The van der Waals surface area contributed by atoms with E-state index in [0.29, 0.717) is 30.9 Å². The van der Waals surface area contributed by atoms with Crippen molar-refractivity contribution < 1.29 is 24.2 Å². The van der Waals surface area contributed by atoms with E-state index >= 15 is 0 Å². The molecule has 0 spiro atoms. The lowest BCUT2D eigenvalue weighted by atomic mass is 10.0. The van der Waals surface area contributed by atoms with Crippen molar-refractivity contribution in [2.45, 2.75) is 77.6 Å². The van der Waals surface area contributed by atoms with Gasteiger partial charge in [0.15, 0.2) is 6.10 Å². The molecule has 3 atom stereocenters. The molecule has 0 radical (unpaired) electrons. The predicted molar refractivity (Wildman–Crippen MR) is 144 cm³/mol. The molecule has 0 heterocycles. The van der Waals surface area contributed by atoms with E-state index < -0.39 is 30.0 Å². The van der Waals surface area contributed by atoms with Crippen molar-refractivity contribution in [3.63, 3.8) is 0 Å². The maximum atomic E-state index is 13.1. The lowest BCUT2D eigenvalue weighted by Gasteiger charge is -2.26. The summed E-state index contributed by atoms with van der Waals surface area (Å²) in [6.45, 7) is 6.10. The monoisotopic (exact) mass is 511 g/mol. The molecular formula is C29H41N3O5. The summed E-state index contributed by atoms with van der Waals surface area (Å²) in [5.41, 5.74) is 1.87. The first-order chi connectivity index (χ1) is 17.7. The molecule has 0 bridgehead atoms. The Bertz CT molecular complexity index is 996. The smallest absolute Gasteiger partial charge is 0.251 e. The fourth-order valence-corrected chi connectivity index (χ4v) is 3.88. The lowest BCUT2D eigenvalue weighted by molar-refractivity contribution is -0.134. The van der Waals surface area contributed by atoms with Crippen LogP contribution < -0.4 is 20.7 Å². The van der Waals surface area contributed by atoms with Crippen LogP contribution in [0.3, 0.4) is 0 Å². The summed E-state index contributed by atoms with van der Waals surface area (Å²) in [7, 11) is 1.57. The number of methoxy groups -OCH3 is 1. The largest absolute Gasteiger partial charge is 0.497 e. The molecule has 0 saturated heterocycles. The van der Waals surface area contributed by atoms with Crippen LogP contribution in [-0.2, 0) is 27.3 Å². The van der Waals surface area contributed by atoms with Gasteiger partial charge in [-0.3, -0.25) is 14.4 Å². The molecule has 2 unspecified atom stereocenters. The molecule has 0 aromatic heterocycles. The van der Waals surface area contributed by atoms with Crippen LogP contribution in [0.5, 0.6) is 5.75 Å². The van der Waals surface area contributed by atoms with Crippen LogP contribution in [0.15, 0.2) is 54.6 Å². The molecule has 37 heavy (non-hydrogen) atoms. The Morgan fingerprint density at radius 1 is 0.919 bits per heavy atom. The van der Waals surface area contributed by atoms with Gasteiger partial charge in [-0.05, 0) is 54.9 Å². The van der Waals surface area contributed by atoms with Crippen molar-refractivity contribution in [2.24, 2.45) is 5.92 Å². The number of amides is 3. The summed E-state index contributed by atoms with van der Waals surface area (Å²) in [4.78, 5) is 38.4. The normalized spacial score (nSPS) is 13.4. The number of carbonyl (C=O) groups excluding carboxylic acids is 3. The minimum Gasteiger partial charge on any atom is -0.497 e. The van der Waals surface area contributed by atoms with Crippen molar-refractivity contribution in [3.05, 3.63) is 65.7 Å². The Hall–Kier alpha value is -3.39. The van der Waals surface area contributed by atoms with E-state index in [4.69, 9.17) is 4.74 Å². The second kappa shape index (κ2) is 15.7. The van der Waals surface area contributed by atoms with Crippen LogP contribution >= 0.6 is 0 Å². The minimum atomic E-state index is -1.43. The average Bonchev–Trinajstić information content (AvgIpc) is 2.91. The highest BCUT2D eigenvalue weighted by Gasteiger charge is 2.29. The van der Waals surface area contributed by atoms with Gasteiger partial charge in [0.05, 0.1) is 13.2 Å². The molecule has 0 fully saturated rings. The third-order valence-corrected chi connectivity index (χ3v) is 6.19. The summed E-state index contributed by atoms with van der Waals surface area (Å²) in [6, 6.07) is 15.4. The van der Waals surface area contributed by atoms with Crippen LogP contribution in [0.4, 0.5) is 0 Å². The number of hydrogen-bond donors (Lipinski definition) is 4. The first-order valence-corrected chi connectivity index (χ1v) is 13.0. The average molecular weight is 512 g/mol. The number of ether oxygens (including phenoxy) is 1. The second-order valence-corrected chi connectivity index (χ2v) is 9.61. The number of aryl methyl sites for hydroxylation is 1. The van der Waals surface area contributed by atoms with Gasteiger partial charge in [-0.2, -0.15) is 0 Å². The Morgan fingerprint density at radius 2 is 1.62 bits per heavy atom. The number of aliphatic hydroxyl groups is 1. The van der Waals surface area contributed by atoms with Crippen LogP contribution in [0.2, 0.25) is 0 Å². The third kappa shape index (κ3) is 10.6. The Morgan fingerprint density at radius 3 is 2.27 bits per heavy atom. The SMILES string of the molecule is CCC(NC(=O)[C@H](CCC(C)C)NC(=O)CCc1ccccc1)C(O)C(=O)NCc1cccc(OC)c1. The molecule has 2 aromatic carbocycles. The van der Waals surface area contributed by atoms with Crippen molar-refractivity contribution >= 4 is 17.7 Å². The molecule has 4 N–H and O–H groups in total. The summed E-state index contributed by atoms with van der Waals surface area (Å²) < 4.78 is 5.19. The maximum absolute atomic E-state index is 13.1. The Balaban J connectivity index is 1.95. The summed E-state index contributed by atoms with van der Waals surface area (Å²) >= 11 is 0. The van der Waals surface area contributed by atoms with Gasteiger partial charge in [0.2, 0.25) is 11.8 Å². The molecule has 0 aliphatic carbocycles. The van der Waals surface area contributed by atoms with E-state index in [1.807, 2.05) is 42.5 Å². The predicted octanol–water partition coefficient (Wildman–Crippen LogP) is 3.12. The zero-order chi connectivity index (χ0) is 27.2. The van der Waals surface area contributed by atoms with E-state index in [1.165, 1.54) is 0 Å². The van der Waals surface area contributed by atoms with Gasteiger partial charge in [-0.1, -0.05) is 63.2 Å².